The molecule has 162 valence electrons. The van der Waals surface area contributed by atoms with Crippen molar-refractivity contribution >= 4 is 5.97 Å². The number of rotatable bonds is 11. The van der Waals surface area contributed by atoms with E-state index in [-0.39, 0.29) is 11.5 Å². The molecule has 1 N–H and O–H groups in total. The lowest BCUT2D eigenvalue weighted by atomic mass is 9.74. The van der Waals surface area contributed by atoms with E-state index in [9.17, 15) is 9.90 Å². The van der Waals surface area contributed by atoms with Crippen LogP contribution >= 0.6 is 0 Å². The molecular formula is C24H37NO4. The molecule has 2 aliphatic heterocycles. The van der Waals surface area contributed by atoms with Crippen LogP contribution < -0.4 is 9.47 Å². The number of hydrogen-bond acceptors (Lipinski definition) is 4. The van der Waals surface area contributed by atoms with Gasteiger partial charge in [-0.1, -0.05) is 52.0 Å². The van der Waals surface area contributed by atoms with Crippen molar-refractivity contribution in [2.24, 2.45) is 0 Å². The van der Waals surface area contributed by atoms with E-state index in [0.29, 0.717) is 13.0 Å². The maximum Gasteiger partial charge on any atom is 0.320 e. The predicted octanol–water partition coefficient (Wildman–Crippen LogP) is 5.02. The fourth-order valence-corrected chi connectivity index (χ4v) is 4.78. The second-order valence-corrected chi connectivity index (χ2v) is 8.64. The fourth-order valence-electron chi connectivity index (χ4n) is 4.78. The van der Waals surface area contributed by atoms with E-state index < -0.39 is 5.97 Å². The molecule has 0 radical (unpaired) electrons. The fraction of sp³-hybridized carbons (Fsp3) is 0.708. The van der Waals surface area contributed by atoms with E-state index >= 15 is 0 Å². The van der Waals surface area contributed by atoms with Gasteiger partial charge in [-0.3, -0.25) is 9.69 Å². The van der Waals surface area contributed by atoms with Gasteiger partial charge in [-0.25, -0.2) is 0 Å². The molecule has 1 aromatic rings. The van der Waals surface area contributed by atoms with Crippen LogP contribution in [0, 0.1) is 0 Å². The molecule has 5 heteroatoms. The van der Waals surface area contributed by atoms with Crippen LogP contribution in [0.4, 0.5) is 0 Å². The third kappa shape index (κ3) is 5.25. The summed E-state index contributed by atoms with van der Waals surface area (Å²) in [6.07, 6.45) is 10.1. The summed E-state index contributed by atoms with van der Waals surface area (Å²) in [6.45, 7) is 7.27. The minimum atomic E-state index is -0.710. The van der Waals surface area contributed by atoms with Crippen LogP contribution in [-0.4, -0.2) is 48.3 Å². The van der Waals surface area contributed by atoms with Crippen molar-refractivity contribution in [1.29, 1.82) is 0 Å². The lowest BCUT2D eigenvalue weighted by molar-refractivity contribution is -0.144. The average molecular weight is 404 g/mol. The molecule has 1 spiro atoms. The summed E-state index contributed by atoms with van der Waals surface area (Å²) >= 11 is 0. The predicted molar refractivity (Wildman–Crippen MR) is 115 cm³/mol. The number of hydrogen-bond donors (Lipinski definition) is 1. The molecule has 1 unspecified atom stereocenters. The molecule has 1 aromatic carbocycles. The smallest absolute Gasteiger partial charge is 0.320 e. The Morgan fingerprint density at radius 3 is 2.59 bits per heavy atom. The van der Waals surface area contributed by atoms with Gasteiger partial charge in [0.25, 0.3) is 0 Å². The Balaban J connectivity index is 1.51. The van der Waals surface area contributed by atoms with Crippen LogP contribution in [0.5, 0.6) is 11.5 Å². The number of benzene rings is 1. The van der Waals surface area contributed by atoms with Crippen LogP contribution in [0.3, 0.4) is 0 Å². The second kappa shape index (κ2) is 10.3. The first kappa shape index (κ1) is 21.9. The molecule has 2 aliphatic rings. The van der Waals surface area contributed by atoms with Gasteiger partial charge >= 0.3 is 5.97 Å². The Bertz CT molecular complexity index is 667. The zero-order valence-corrected chi connectivity index (χ0v) is 18.1. The zero-order valence-electron chi connectivity index (χ0n) is 18.1. The van der Waals surface area contributed by atoms with E-state index in [1.165, 1.54) is 37.7 Å². The number of aliphatic carboxylic acids is 1. The number of carboxylic acid groups (broad SMARTS) is 1. The molecule has 3 rings (SSSR count). The Morgan fingerprint density at radius 2 is 1.90 bits per heavy atom. The molecule has 1 saturated heterocycles. The van der Waals surface area contributed by atoms with Gasteiger partial charge in [-0.15, -0.1) is 0 Å². The van der Waals surface area contributed by atoms with Gasteiger partial charge in [0, 0.05) is 17.0 Å². The molecule has 5 nitrogen and oxygen atoms in total. The van der Waals surface area contributed by atoms with E-state index in [2.05, 4.69) is 24.0 Å². The van der Waals surface area contributed by atoms with Gasteiger partial charge < -0.3 is 14.6 Å². The normalized spacial score (nSPS) is 19.0. The standard InChI is InChI=1S/C24H37NO4/c1-3-5-6-7-8-9-16-28-19-10-11-20-22(17-19)29-18-24(20)12-14-25(15-13-24)21(4-2)23(26)27/h10-11,17,21H,3-9,12-16,18H2,1-2H3,(H,26,27). The highest BCUT2D eigenvalue weighted by atomic mass is 16.5. The van der Waals surface area contributed by atoms with Crippen molar-refractivity contribution in [1.82, 2.24) is 4.90 Å². The van der Waals surface area contributed by atoms with E-state index in [4.69, 9.17) is 9.47 Å². The number of carbonyl (C=O) groups is 1. The molecule has 29 heavy (non-hydrogen) atoms. The Labute approximate surface area is 175 Å². The third-order valence-corrected chi connectivity index (χ3v) is 6.66. The van der Waals surface area contributed by atoms with Crippen molar-refractivity contribution in [2.75, 3.05) is 26.3 Å². The summed E-state index contributed by atoms with van der Waals surface area (Å²) in [5.41, 5.74) is 1.30. The molecule has 1 fully saturated rings. The van der Waals surface area contributed by atoms with Gasteiger partial charge in [0.2, 0.25) is 0 Å². The van der Waals surface area contributed by atoms with Gasteiger partial charge in [0.1, 0.15) is 17.5 Å². The highest BCUT2D eigenvalue weighted by molar-refractivity contribution is 5.73. The van der Waals surface area contributed by atoms with Gasteiger partial charge in [-0.05, 0) is 44.8 Å². The number of ether oxygens (including phenoxy) is 2. The summed E-state index contributed by atoms with van der Waals surface area (Å²) in [4.78, 5) is 13.6. The molecule has 2 heterocycles. The van der Waals surface area contributed by atoms with Crippen LogP contribution in [0.1, 0.15) is 77.2 Å². The van der Waals surface area contributed by atoms with Crippen molar-refractivity contribution in [3.63, 3.8) is 0 Å². The van der Waals surface area contributed by atoms with Crippen LogP contribution in [-0.2, 0) is 10.2 Å². The highest BCUT2D eigenvalue weighted by Gasteiger charge is 2.44. The van der Waals surface area contributed by atoms with E-state index in [1.807, 2.05) is 13.0 Å². The number of fused-ring (bicyclic) bond motifs is 2. The Kier molecular flexibility index (Phi) is 7.82. The Hall–Kier alpha value is -1.75. The van der Waals surface area contributed by atoms with Crippen molar-refractivity contribution in [3.05, 3.63) is 23.8 Å². The molecule has 0 saturated carbocycles. The first-order valence-corrected chi connectivity index (χ1v) is 11.5. The average Bonchev–Trinajstić information content (AvgIpc) is 3.07. The van der Waals surface area contributed by atoms with Crippen LogP contribution in [0.15, 0.2) is 18.2 Å². The number of piperidine rings is 1. The molecule has 0 aliphatic carbocycles. The summed E-state index contributed by atoms with van der Waals surface area (Å²) in [6, 6.07) is 5.92. The van der Waals surface area contributed by atoms with Crippen molar-refractivity contribution in [2.45, 2.75) is 83.1 Å². The van der Waals surface area contributed by atoms with E-state index in [0.717, 1.165) is 50.5 Å². The Morgan fingerprint density at radius 1 is 1.17 bits per heavy atom. The summed E-state index contributed by atoms with van der Waals surface area (Å²) in [5, 5.41) is 9.43. The first-order chi connectivity index (χ1) is 14.1. The molecule has 1 atom stereocenters. The monoisotopic (exact) mass is 403 g/mol. The lowest BCUT2D eigenvalue weighted by Crippen LogP contribution is -2.50. The quantitative estimate of drug-likeness (QED) is 0.526. The minimum absolute atomic E-state index is 0.0282. The van der Waals surface area contributed by atoms with Crippen LogP contribution in [0.25, 0.3) is 0 Å². The second-order valence-electron chi connectivity index (χ2n) is 8.64. The third-order valence-electron chi connectivity index (χ3n) is 6.66. The van der Waals surface area contributed by atoms with Crippen molar-refractivity contribution < 1.29 is 19.4 Å². The lowest BCUT2D eigenvalue weighted by Gasteiger charge is -2.40. The molecular weight excluding hydrogens is 366 g/mol. The number of likely N-dealkylation sites (tertiary alicyclic amines) is 1. The number of unbranched alkanes of at least 4 members (excludes halogenated alkanes) is 5. The van der Waals surface area contributed by atoms with Gasteiger partial charge in [0.15, 0.2) is 0 Å². The maximum absolute atomic E-state index is 11.5. The van der Waals surface area contributed by atoms with Crippen molar-refractivity contribution in [3.8, 4) is 11.5 Å². The van der Waals surface area contributed by atoms with Gasteiger partial charge in [0.05, 0.1) is 13.2 Å². The molecule has 0 bridgehead atoms. The summed E-state index contributed by atoms with van der Waals surface area (Å²) in [7, 11) is 0. The molecule has 0 aromatic heterocycles. The number of carboxylic acids is 1. The molecule has 0 amide bonds. The maximum atomic E-state index is 11.5. The summed E-state index contributed by atoms with van der Waals surface area (Å²) in [5.74, 6) is 1.13. The minimum Gasteiger partial charge on any atom is -0.493 e. The topological polar surface area (TPSA) is 59.0 Å². The van der Waals surface area contributed by atoms with E-state index in [1.54, 1.807) is 0 Å². The first-order valence-electron chi connectivity index (χ1n) is 11.5. The zero-order chi connectivity index (χ0) is 20.7. The SMILES string of the molecule is CCCCCCCCOc1ccc2c(c1)OCC21CCN(C(CC)C(=O)O)CC1. The summed E-state index contributed by atoms with van der Waals surface area (Å²) < 4.78 is 12.0. The number of nitrogens with zero attached hydrogens (tertiary/aromatic N) is 1. The highest BCUT2D eigenvalue weighted by Crippen LogP contribution is 2.47. The van der Waals surface area contributed by atoms with Crippen LogP contribution in [0.2, 0.25) is 0 Å². The van der Waals surface area contributed by atoms with Gasteiger partial charge in [-0.2, -0.15) is 0 Å². The largest absolute Gasteiger partial charge is 0.493 e.